The van der Waals surface area contributed by atoms with Crippen LogP contribution >= 0.6 is 39.1 Å². The third-order valence-corrected chi connectivity index (χ3v) is 6.37. The quantitative estimate of drug-likeness (QED) is 0.559. The van der Waals surface area contributed by atoms with Crippen molar-refractivity contribution in [2.75, 3.05) is 31.1 Å². The van der Waals surface area contributed by atoms with E-state index in [1.807, 2.05) is 0 Å². The van der Waals surface area contributed by atoms with Crippen molar-refractivity contribution in [1.82, 2.24) is 15.3 Å². The lowest BCUT2D eigenvalue weighted by Crippen LogP contribution is -2.58. The number of aromatic nitrogens is 2. The Bertz CT molecular complexity index is 787. The molecule has 122 valence electrons. The molecule has 0 amide bonds. The van der Waals surface area contributed by atoms with Crippen molar-refractivity contribution in [1.29, 1.82) is 0 Å². The summed E-state index contributed by atoms with van der Waals surface area (Å²) in [6.45, 7) is 3.91. The number of halogens is 4. The molecule has 23 heavy (non-hydrogen) atoms. The van der Waals surface area contributed by atoms with Gasteiger partial charge in [-0.1, -0.05) is 11.6 Å². The summed E-state index contributed by atoms with van der Waals surface area (Å²) in [5.74, 6) is 0.158. The molecule has 0 atom stereocenters. The second-order valence-corrected chi connectivity index (χ2v) is 7.83. The minimum Gasteiger partial charge on any atom is -0.356 e. The standard InChI is InChI=1S/C15H14BrCl2FN4/c16-10-9(17)5-8-12(11(10)19)21-14(18)22-13(8)23-3-1-15(2-4-23)6-20-7-15/h5,20H,1-4,6-7H2. The van der Waals surface area contributed by atoms with E-state index < -0.39 is 5.82 Å². The molecule has 1 spiro atoms. The van der Waals surface area contributed by atoms with Gasteiger partial charge in [-0.05, 0) is 51.9 Å². The predicted octanol–water partition coefficient (Wildman–Crippen LogP) is 4.03. The highest BCUT2D eigenvalue weighted by atomic mass is 79.9. The van der Waals surface area contributed by atoms with Crippen LogP contribution in [0.3, 0.4) is 0 Å². The summed E-state index contributed by atoms with van der Waals surface area (Å²) in [6.07, 6.45) is 2.19. The van der Waals surface area contributed by atoms with Gasteiger partial charge in [-0.2, -0.15) is 4.98 Å². The minimum absolute atomic E-state index is 0.0474. The van der Waals surface area contributed by atoms with Crippen LogP contribution in [0.15, 0.2) is 10.5 Å². The van der Waals surface area contributed by atoms with Gasteiger partial charge in [0.2, 0.25) is 5.28 Å². The lowest BCUT2D eigenvalue weighted by Gasteiger charge is -2.48. The average molecular weight is 420 g/mol. The number of rotatable bonds is 1. The van der Waals surface area contributed by atoms with Crippen LogP contribution in [0.5, 0.6) is 0 Å². The Balaban J connectivity index is 1.77. The molecule has 3 heterocycles. The molecule has 1 aromatic heterocycles. The fourth-order valence-corrected chi connectivity index (χ4v) is 4.06. The summed E-state index contributed by atoms with van der Waals surface area (Å²) in [4.78, 5) is 10.6. The van der Waals surface area contributed by atoms with Crippen LogP contribution in [-0.2, 0) is 0 Å². The van der Waals surface area contributed by atoms with Crippen molar-refractivity contribution >= 4 is 55.9 Å². The van der Waals surface area contributed by atoms with E-state index in [1.165, 1.54) is 0 Å². The second-order valence-electron chi connectivity index (χ2n) is 6.29. The first-order chi connectivity index (χ1) is 11.0. The maximum atomic E-state index is 14.5. The van der Waals surface area contributed by atoms with Crippen LogP contribution in [0.1, 0.15) is 12.8 Å². The van der Waals surface area contributed by atoms with Crippen LogP contribution in [-0.4, -0.2) is 36.1 Å². The van der Waals surface area contributed by atoms with Crippen LogP contribution in [0.2, 0.25) is 10.3 Å². The van der Waals surface area contributed by atoms with Gasteiger partial charge in [-0.15, -0.1) is 0 Å². The van der Waals surface area contributed by atoms with E-state index in [-0.39, 0.29) is 15.3 Å². The fraction of sp³-hybridized carbons (Fsp3) is 0.467. The van der Waals surface area contributed by atoms with Gasteiger partial charge in [0.1, 0.15) is 11.3 Å². The fourth-order valence-electron chi connectivity index (χ4n) is 3.40. The number of nitrogens with one attached hydrogen (secondary N) is 1. The lowest BCUT2D eigenvalue weighted by molar-refractivity contribution is 0.126. The Hall–Kier alpha value is -0.690. The number of fused-ring (bicyclic) bond motifs is 1. The molecule has 0 saturated carbocycles. The molecule has 4 rings (SSSR count). The summed E-state index contributed by atoms with van der Waals surface area (Å²) >= 11 is 15.3. The number of hydrogen-bond acceptors (Lipinski definition) is 4. The topological polar surface area (TPSA) is 41.0 Å². The van der Waals surface area contributed by atoms with Crippen LogP contribution < -0.4 is 10.2 Å². The van der Waals surface area contributed by atoms with Gasteiger partial charge in [0, 0.05) is 31.6 Å². The molecule has 8 heteroatoms. The molecule has 1 aromatic carbocycles. The van der Waals surface area contributed by atoms with E-state index in [0.717, 1.165) is 39.0 Å². The summed E-state index contributed by atoms with van der Waals surface area (Å²) in [6, 6.07) is 1.70. The molecular formula is C15H14BrCl2FN4. The van der Waals surface area contributed by atoms with Gasteiger partial charge in [0.05, 0.1) is 9.50 Å². The maximum Gasteiger partial charge on any atom is 0.225 e. The summed E-state index contributed by atoms with van der Waals surface area (Å²) in [5, 5.41) is 4.30. The molecule has 0 bridgehead atoms. The zero-order valence-corrected chi connectivity index (χ0v) is 15.3. The first-order valence-corrected chi connectivity index (χ1v) is 9.00. The number of piperidine rings is 1. The summed E-state index contributed by atoms with van der Waals surface area (Å²) < 4.78 is 14.7. The predicted molar refractivity (Wildman–Crippen MR) is 94.0 cm³/mol. The zero-order chi connectivity index (χ0) is 16.2. The molecule has 2 aromatic rings. The van der Waals surface area contributed by atoms with Crippen molar-refractivity contribution in [3.8, 4) is 0 Å². The first-order valence-electron chi connectivity index (χ1n) is 7.46. The van der Waals surface area contributed by atoms with Crippen molar-refractivity contribution < 1.29 is 4.39 Å². The van der Waals surface area contributed by atoms with Gasteiger partial charge in [0.25, 0.3) is 0 Å². The van der Waals surface area contributed by atoms with Gasteiger partial charge >= 0.3 is 0 Å². The lowest BCUT2D eigenvalue weighted by atomic mass is 9.73. The Labute approximate surface area is 151 Å². The first kappa shape index (κ1) is 15.8. The highest BCUT2D eigenvalue weighted by Gasteiger charge is 2.40. The molecule has 0 aliphatic carbocycles. The van der Waals surface area contributed by atoms with Crippen molar-refractivity contribution in [3.05, 3.63) is 26.7 Å². The third-order valence-electron chi connectivity index (χ3n) is 4.90. The molecular weight excluding hydrogens is 406 g/mol. The van der Waals surface area contributed by atoms with E-state index in [2.05, 4.69) is 36.1 Å². The Morgan fingerprint density at radius 2 is 1.91 bits per heavy atom. The maximum absolute atomic E-state index is 14.5. The van der Waals surface area contributed by atoms with Crippen molar-refractivity contribution in [2.24, 2.45) is 5.41 Å². The molecule has 2 fully saturated rings. The number of anilines is 1. The smallest absolute Gasteiger partial charge is 0.225 e. The number of benzene rings is 1. The van der Waals surface area contributed by atoms with Gasteiger partial charge in [-0.25, -0.2) is 9.37 Å². The monoisotopic (exact) mass is 418 g/mol. The third kappa shape index (κ3) is 2.60. The van der Waals surface area contributed by atoms with Crippen molar-refractivity contribution in [3.63, 3.8) is 0 Å². The van der Waals surface area contributed by atoms with Gasteiger partial charge in [-0.3, -0.25) is 0 Å². The Morgan fingerprint density at radius 1 is 1.22 bits per heavy atom. The molecule has 2 aliphatic rings. The highest BCUT2D eigenvalue weighted by Crippen LogP contribution is 2.40. The van der Waals surface area contributed by atoms with E-state index in [0.29, 0.717) is 21.6 Å². The normalized spacial score (nSPS) is 20.1. The summed E-state index contributed by atoms with van der Waals surface area (Å²) in [5.41, 5.74) is 0.622. The highest BCUT2D eigenvalue weighted by molar-refractivity contribution is 9.10. The molecule has 1 N–H and O–H groups in total. The van der Waals surface area contributed by atoms with E-state index in [9.17, 15) is 4.39 Å². The molecule has 2 saturated heterocycles. The molecule has 0 unspecified atom stereocenters. The van der Waals surface area contributed by atoms with E-state index in [1.54, 1.807) is 6.07 Å². The molecule has 0 radical (unpaired) electrons. The second kappa shape index (κ2) is 5.69. The summed E-state index contributed by atoms with van der Waals surface area (Å²) in [7, 11) is 0. The van der Waals surface area contributed by atoms with E-state index in [4.69, 9.17) is 23.2 Å². The minimum atomic E-state index is -0.505. The van der Waals surface area contributed by atoms with Crippen LogP contribution in [0.4, 0.5) is 10.2 Å². The SMILES string of the molecule is Fc1c(Br)c(Cl)cc2c(N3CCC4(CC3)CNC4)nc(Cl)nc12. The average Bonchev–Trinajstić information content (AvgIpc) is 2.52. The molecule has 2 aliphatic heterocycles. The van der Waals surface area contributed by atoms with Gasteiger partial charge < -0.3 is 10.2 Å². The Morgan fingerprint density at radius 3 is 2.52 bits per heavy atom. The van der Waals surface area contributed by atoms with Crippen molar-refractivity contribution in [2.45, 2.75) is 12.8 Å². The zero-order valence-electron chi connectivity index (χ0n) is 12.2. The van der Waals surface area contributed by atoms with E-state index >= 15 is 0 Å². The number of nitrogens with zero attached hydrogens (tertiary/aromatic N) is 3. The van der Waals surface area contributed by atoms with Crippen LogP contribution in [0, 0.1) is 11.2 Å². The largest absolute Gasteiger partial charge is 0.356 e. The molecule has 4 nitrogen and oxygen atoms in total. The van der Waals surface area contributed by atoms with Crippen LogP contribution in [0.25, 0.3) is 10.9 Å². The Kier molecular flexibility index (Phi) is 3.91. The number of hydrogen-bond donors (Lipinski definition) is 1. The van der Waals surface area contributed by atoms with Gasteiger partial charge in [0.15, 0.2) is 5.82 Å².